The average Bonchev–Trinajstić information content (AvgIpc) is 3.36. The number of nitrogens with zero attached hydrogens (tertiary/aromatic N) is 4. The van der Waals surface area contributed by atoms with Crippen LogP contribution in [0, 0.1) is 11.8 Å². The molecule has 18 heteroatoms. The van der Waals surface area contributed by atoms with Gasteiger partial charge < -0.3 is 34.2 Å². The van der Waals surface area contributed by atoms with Crippen LogP contribution < -0.4 is 14.2 Å². The molecule has 4 aromatic carbocycles. The molecule has 0 unspecified atom stereocenters. The fourth-order valence-electron chi connectivity index (χ4n) is 10.5. The highest BCUT2D eigenvalue weighted by Gasteiger charge is 2.35. The third-order valence-electron chi connectivity index (χ3n) is 14.5. The van der Waals surface area contributed by atoms with E-state index < -0.39 is 35.8 Å². The third-order valence-corrected chi connectivity index (χ3v) is 16.0. The first-order valence-electron chi connectivity index (χ1n) is 24.9. The van der Waals surface area contributed by atoms with Crippen molar-refractivity contribution < 1.29 is 50.0 Å². The molecule has 11 nitrogen and oxygen atoms in total. The van der Waals surface area contributed by atoms with E-state index >= 15 is 0 Å². The highest BCUT2D eigenvalue weighted by atomic mass is 35.5. The number of likely N-dealkylation sites (tertiary alicyclic amines) is 4. The van der Waals surface area contributed by atoms with Crippen LogP contribution in [0.25, 0.3) is 0 Å². The molecule has 0 bridgehead atoms. The van der Waals surface area contributed by atoms with Gasteiger partial charge in [0.05, 0.1) is 32.8 Å². The molecule has 8 rings (SSSR count). The summed E-state index contributed by atoms with van der Waals surface area (Å²) >= 11 is 24.1. The smallest absolute Gasteiger partial charge is 0.416 e. The minimum atomic E-state index is -4.45. The van der Waals surface area contributed by atoms with Crippen LogP contribution in [0.15, 0.2) is 84.9 Å². The summed E-state index contributed by atoms with van der Waals surface area (Å²) in [6, 6.07) is 22.0. The zero-order valence-electron chi connectivity index (χ0n) is 40.6. The summed E-state index contributed by atoms with van der Waals surface area (Å²) < 4.78 is 56.8. The Morgan fingerprint density at radius 3 is 1.49 bits per heavy atom. The van der Waals surface area contributed by atoms with Crippen LogP contribution in [0.5, 0.6) is 17.2 Å². The zero-order chi connectivity index (χ0) is 51.4. The van der Waals surface area contributed by atoms with E-state index in [0.29, 0.717) is 57.0 Å². The number of carboxylic acids is 2. The van der Waals surface area contributed by atoms with Crippen LogP contribution >= 0.6 is 46.4 Å². The summed E-state index contributed by atoms with van der Waals surface area (Å²) in [5.41, 5.74) is 0.574. The molecular formula is C54H69Cl4F3N4O7. The Labute approximate surface area is 444 Å². The van der Waals surface area contributed by atoms with Crippen molar-refractivity contribution in [1.29, 1.82) is 0 Å². The van der Waals surface area contributed by atoms with E-state index in [1.807, 2.05) is 41.3 Å². The summed E-state index contributed by atoms with van der Waals surface area (Å²) in [5, 5.41) is 21.8. The van der Waals surface area contributed by atoms with Gasteiger partial charge in [0.1, 0.15) is 41.5 Å². The lowest BCUT2D eigenvalue weighted by molar-refractivity contribution is -0.144. The van der Waals surface area contributed by atoms with Crippen LogP contribution in [0.1, 0.15) is 70.9 Å². The lowest BCUT2D eigenvalue weighted by Gasteiger charge is -2.39. The zero-order valence-corrected chi connectivity index (χ0v) is 43.6. The second-order valence-corrected chi connectivity index (χ2v) is 21.1. The predicted octanol–water partition coefficient (Wildman–Crippen LogP) is 12.0. The quantitative estimate of drug-likeness (QED) is 0.105. The monoisotopic (exact) mass is 1080 g/mol. The van der Waals surface area contributed by atoms with Gasteiger partial charge in [0.25, 0.3) is 0 Å². The van der Waals surface area contributed by atoms with Crippen molar-refractivity contribution in [3.63, 3.8) is 0 Å². The number of para-hydroxylation sites is 1. The maximum absolute atomic E-state index is 13.1. The molecule has 0 aromatic heterocycles. The van der Waals surface area contributed by atoms with Crippen LogP contribution in [0.4, 0.5) is 13.2 Å². The van der Waals surface area contributed by atoms with E-state index in [2.05, 4.69) is 14.7 Å². The molecule has 0 spiro atoms. The first-order chi connectivity index (χ1) is 34.5. The number of hydrogen-bond acceptors (Lipinski definition) is 9. The summed E-state index contributed by atoms with van der Waals surface area (Å²) in [4.78, 5) is 33.1. The summed E-state index contributed by atoms with van der Waals surface area (Å²) in [7, 11) is 1.63. The second kappa shape index (κ2) is 26.5. The molecule has 0 amide bonds. The summed E-state index contributed by atoms with van der Waals surface area (Å²) in [5.74, 6) is 1.54. The van der Waals surface area contributed by atoms with Crippen molar-refractivity contribution in [3.05, 3.63) is 122 Å². The minimum absolute atomic E-state index is 0. The molecule has 0 aliphatic carbocycles. The van der Waals surface area contributed by atoms with Crippen LogP contribution in [0.3, 0.4) is 0 Å². The summed E-state index contributed by atoms with van der Waals surface area (Å²) in [6.07, 6.45) is 3.96. The second-order valence-electron chi connectivity index (χ2n) is 19.5. The lowest BCUT2D eigenvalue weighted by Crippen LogP contribution is -2.48. The predicted molar refractivity (Wildman–Crippen MR) is 281 cm³/mol. The Morgan fingerprint density at radius 2 is 1.06 bits per heavy atom. The van der Waals surface area contributed by atoms with E-state index in [1.54, 1.807) is 37.4 Å². The van der Waals surface area contributed by atoms with Crippen molar-refractivity contribution in [2.75, 3.05) is 72.6 Å². The normalized spacial score (nSPS) is 19.5. The standard InChI is InChI=1S/C27H31Cl2F3N2O3.C27H34Cl2N2O4.2H2/c28-23-5-4-22(16-24(23)29)37-21-8-10-33(11-9-21)17-18-6-12-34(13-7-18)25(26(35)36)15-19-2-1-3-20(14-19)27(30,31)32;1-34-26-5-3-2-4-20(26)16-25(27(32)33)31-14-8-19(9-15-31)18-30-12-10-21(11-13-30)35-22-6-7-23(28)24(29)17-22;;/h1-5,14,16,18,21,25H,6-13,15,17H2,(H,35,36);2-7,17,19,21,25H,8-16,18H2,1H3,(H,32,33);2*1H/t2*25-;;/m00../s1. The molecule has 4 heterocycles. The Morgan fingerprint density at radius 1 is 0.597 bits per heavy atom. The van der Waals surface area contributed by atoms with Crippen molar-refractivity contribution in [1.82, 2.24) is 19.6 Å². The van der Waals surface area contributed by atoms with Gasteiger partial charge in [-0.25, -0.2) is 0 Å². The third kappa shape index (κ3) is 16.3. The molecule has 4 saturated heterocycles. The molecule has 4 aromatic rings. The van der Waals surface area contributed by atoms with Crippen molar-refractivity contribution in [3.8, 4) is 17.2 Å². The molecule has 4 fully saturated rings. The Hall–Kier alpha value is -3.99. The molecule has 2 atom stereocenters. The number of carboxylic acid groups (broad SMARTS) is 2. The van der Waals surface area contributed by atoms with Crippen LogP contribution in [-0.4, -0.2) is 139 Å². The number of halogens is 7. The molecule has 0 saturated carbocycles. The van der Waals surface area contributed by atoms with E-state index in [0.717, 1.165) is 139 Å². The Kier molecular flexibility index (Phi) is 20.5. The first kappa shape index (κ1) is 55.8. The van der Waals surface area contributed by atoms with Gasteiger partial charge in [-0.15, -0.1) is 0 Å². The fraction of sp³-hybridized carbons (Fsp3) is 0.519. The van der Waals surface area contributed by atoms with Gasteiger partial charge in [-0.2, -0.15) is 13.2 Å². The SMILES string of the molecule is COc1ccccc1C[C@@H](C(=O)O)N1CCC(CN2CCC(Oc3ccc(Cl)c(Cl)c3)CC2)CC1.O=C(O)[C@H](Cc1cccc(C(F)(F)F)c1)N1CCC(CN2CCC(Oc3ccc(Cl)c(Cl)c3)CC2)CC1.[HH].[HH]. The number of aliphatic carboxylic acids is 2. The summed E-state index contributed by atoms with van der Waals surface area (Å²) in [6.45, 7) is 8.78. The first-order valence-corrected chi connectivity index (χ1v) is 26.4. The number of hydrogen-bond donors (Lipinski definition) is 2. The maximum Gasteiger partial charge on any atom is 0.416 e. The molecule has 2 N–H and O–H groups in total. The topological polar surface area (TPSA) is 115 Å². The van der Waals surface area contributed by atoms with Gasteiger partial charge >= 0.3 is 18.1 Å². The van der Waals surface area contributed by atoms with Gasteiger partial charge in [0.2, 0.25) is 0 Å². The van der Waals surface area contributed by atoms with E-state index in [4.69, 9.17) is 60.6 Å². The van der Waals surface area contributed by atoms with E-state index in [-0.39, 0.29) is 21.5 Å². The molecule has 4 aliphatic heterocycles. The van der Waals surface area contributed by atoms with Crippen LogP contribution in [-0.2, 0) is 28.6 Å². The highest BCUT2D eigenvalue weighted by Crippen LogP contribution is 2.33. The van der Waals surface area contributed by atoms with Gasteiger partial charge in [-0.3, -0.25) is 19.4 Å². The highest BCUT2D eigenvalue weighted by molar-refractivity contribution is 6.42. The molecular weight excluding hydrogens is 1020 g/mol. The van der Waals surface area contributed by atoms with Crippen molar-refractivity contribution in [2.45, 2.75) is 94.7 Å². The number of alkyl halides is 3. The number of benzene rings is 4. The minimum Gasteiger partial charge on any atom is -0.496 e. The number of rotatable bonds is 17. The van der Waals surface area contributed by atoms with Crippen molar-refractivity contribution >= 4 is 58.3 Å². The average molecular weight is 1080 g/mol. The number of ether oxygens (including phenoxy) is 3. The van der Waals surface area contributed by atoms with Crippen molar-refractivity contribution in [2.24, 2.45) is 11.8 Å². The molecule has 396 valence electrons. The molecule has 0 radical (unpaired) electrons. The van der Waals surface area contributed by atoms with Gasteiger partial charge in [-0.1, -0.05) is 82.8 Å². The van der Waals surface area contributed by atoms with Crippen LogP contribution in [0.2, 0.25) is 20.1 Å². The number of carbonyl (C=O) groups is 2. The van der Waals surface area contributed by atoms with Gasteiger partial charge in [0.15, 0.2) is 0 Å². The van der Waals surface area contributed by atoms with Gasteiger partial charge in [0, 0.05) is 60.7 Å². The number of methoxy groups -OCH3 is 1. The Balaban J connectivity index is 0.000000267. The lowest BCUT2D eigenvalue weighted by atomic mass is 9.93. The molecule has 4 aliphatic rings. The largest absolute Gasteiger partial charge is 0.496 e. The number of piperidine rings is 4. The van der Waals surface area contributed by atoms with E-state index in [1.165, 1.54) is 6.07 Å². The van der Waals surface area contributed by atoms with Gasteiger partial charge in [-0.05, 0) is 143 Å². The molecule has 72 heavy (non-hydrogen) atoms. The fourth-order valence-corrected chi connectivity index (χ4v) is 11.0. The van der Waals surface area contributed by atoms with E-state index in [9.17, 15) is 33.0 Å². The maximum atomic E-state index is 13.1. The Bertz CT molecular complexity index is 2400.